The first-order valence-electron chi connectivity index (χ1n) is 9.02. The Bertz CT molecular complexity index is 853. The molecule has 1 heterocycles. The van der Waals surface area contributed by atoms with Crippen LogP contribution in [0.1, 0.15) is 24.4 Å². The van der Waals surface area contributed by atoms with Crippen LogP contribution in [-0.4, -0.2) is 38.0 Å². The maximum Gasteiger partial charge on any atom is 0.307 e. The standard InChI is InChI=1S/C21H22N2O5/c1-27-21(26)13-16(15-7-3-2-4-8-15)22-19(24)11-12-23-17-9-5-6-10-18(17)28-14-20(23)25/h2-10,16H,11-14H2,1H3,(H,22,24). The summed E-state index contributed by atoms with van der Waals surface area (Å²) in [6, 6.07) is 16.0. The van der Waals surface area contributed by atoms with E-state index in [9.17, 15) is 14.4 Å². The summed E-state index contributed by atoms with van der Waals surface area (Å²) < 4.78 is 10.1. The summed E-state index contributed by atoms with van der Waals surface area (Å²) in [6.07, 6.45) is 0.135. The highest BCUT2D eigenvalue weighted by Gasteiger charge is 2.26. The summed E-state index contributed by atoms with van der Waals surface area (Å²) >= 11 is 0. The summed E-state index contributed by atoms with van der Waals surface area (Å²) in [5.41, 5.74) is 1.47. The molecule has 0 radical (unpaired) electrons. The molecule has 1 unspecified atom stereocenters. The molecule has 1 atom stereocenters. The van der Waals surface area contributed by atoms with Crippen molar-refractivity contribution in [2.24, 2.45) is 0 Å². The van der Waals surface area contributed by atoms with Crippen molar-refractivity contribution in [1.82, 2.24) is 5.32 Å². The molecule has 0 bridgehead atoms. The van der Waals surface area contributed by atoms with Gasteiger partial charge in [-0.15, -0.1) is 0 Å². The van der Waals surface area contributed by atoms with E-state index in [1.165, 1.54) is 7.11 Å². The zero-order valence-electron chi connectivity index (χ0n) is 15.6. The second-order valence-corrected chi connectivity index (χ2v) is 6.36. The number of nitrogens with one attached hydrogen (secondary N) is 1. The fourth-order valence-electron chi connectivity index (χ4n) is 3.07. The van der Waals surface area contributed by atoms with E-state index >= 15 is 0 Å². The number of ether oxygens (including phenoxy) is 2. The van der Waals surface area contributed by atoms with E-state index in [0.717, 1.165) is 5.56 Å². The van der Waals surface area contributed by atoms with Crippen molar-refractivity contribution in [2.45, 2.75) is 18.9 Å². The number of anilines is 1. The van der Waals surface area contributed by atoms with Gasteiger partial charge in [-0.2, -0.15) is 0 Å². The van der Waals surface area contributed by atoms with Gasteiger partial charge in [0.15, 0.2) is 6.61 Å². The normalized spacial score (nSPS) is 13.9. The van der Waals surface area contributed by atoms with E-state index in [1.54, 1.807) is 17.0 Å². The Kier molecular flexibility index (Phi) is 6.26. The molecule has 1 aliphatic heterocycles. The van der Waals surface area contributed by atoms with Gasteiger partial charge in [0.05, 0.1) is 25.3 Å². The van der Waals surface area contributed by atoms with Gasteiger partial charge >= 0.3 is 5.97 Å². The van der Waals surface area contributed by atoms with Gasteiger partial charge in [-0.25, -0.2) is 0 Å². The van der Waals surface area contributed by atoms with Gasteiger partial charge in [0.25, 0.3) is 5.91 Å². The molecule has 1 aliphatic rings. The number of carbonyl (C=O) groups excluding carboxylic acids is 3. The van der Waals surface area contributed by atoms with Gasteiger partial charge in [0.2, 0.25) is 5.91 Å². The lowest BCUT2D eigenvalue weighted by Crippen LogP contribution is -2.41. The van der Waals surface area contributed by atoms with Gasteiger partial charge in [-0.05, 0) is 17.7 Å². The third kappa shape index (κ3) is 4.68. The van der Waals surface area contributed by atoms with Crippen LogP contribution in [-0.2, 0) is 19.1 Å². The summed E-state index contributed by atoms with van der Waals surface area (Å²) in [5, 5.41) is 2.87. The lowest BCUT2D eigenvalue weighted by atomic mass is 10.0. The molecule has 0 saturated carbocycles. The number of esters is 1. The zero-order chi connectivity index (χ0) is 19.9. The minimum atomic E-state index is -0.492. The molecule has 0 spiro atoms. The zero-order valence-corrected chi connectivity index (χ0v) is 15.6. The quantitative estimate of drug-likeness (QED) is 0.743. The Morgan fingerprint density at radius 3 is 2.61 bits per heavy atom. The van der Waals surface area contributed by atoms with Crippen LogP contribution in [0.4, 0.5) is 5.69 Å². The van der Waals surface area contributed by atoms with Crippen molar-refractivity contribution in [3.63, 3.8) is 0 Å². The van der Waals surface area contributed by atoms with Gasteiger partial charge in [-0.1, -0.05) is 42.5 Å². The molecule has 3 rings (SSSR count). The molecular formula is C21H22N2O5. The molecule has 2 aromatic carbocycles. The highest BCUT2D eigenvalue weighted by Crippen LogP contribution is 2.31. The third-order valence-corrected chi connectivity index (χ3v) is 4.51. The maximum absolute atomic E-state index is 12.5. The molecule has 7 nitrogen and oxygen atoms in total. The van der Waals surface area contributed by atoms with Gasteiger partial charge in [0.1, 0.15) is 5.75 Å². The van der Waals surface area contributed by atoms with Crippen molar-refractivity contribution in [3.8, 4) is 5.75 Å². The predicted octanol–water partition coefficient (Wildman–Crippen LogP) is 2.22. The minimum Gasteiger partial charge on any atom is -0.482 e. The van der Waals surface area contributed by atoms with Gasteiger partial charge < -0.3 is 19.7 Å². The number of methoxy groups -OCH3 is 1. The van der Waals surface area contributed by atoms with E-state index < -0.39 is 12.0 Å². The number of para-hydroxylation sites is 2. The van der Waals surface area contributed by atoms with Crippen LogP contribution in [0.5, 0.6) is 5.75 Å². The number of rotatable bonds is 7. The molecular weight excluding hydrogens is 360 g/mol. The molecule has 0 saturated heterocycles. The largest absolute Gasteiger partial charge is 0.482 e. The molecule has 1 N–H and O–H groups in total. The van der Waals surface area contributed by atoms with Crippen LogP contribution in [0.3, 0.4) is 0 Å². The molecule has 2 amide bonds. The summed E-state index contributed by atoms with van der Waals surface area (Å²) in [7, 11) is 1.31. The minimum absolute atomic E-state index is 0.0333. The second kappa shape index (κ2) is 9.03. The second-order valence-electron chi connectivity index (χ2n) is 6.36. The average molecular weight is 382 g/mol. The Hall–Kier alpha value is -3.35. The van der Waals surface area contributed by atoms with Crippen molar-refractivity contribution >= 4 is 23.5 Å². The smallest absolute Gasteiger partial charge is 0.307 e. The number of hydrogen-bond acceptors (Lipinski definition) is 5. The Labute approximate surface area is 163 Å². The lowest BCUT2D eigenvalue weighted by Gasteiger charge is -2.29. The summed E-state index contributed by atoms with van der Waals surface area (Å²) in [4.78, 5) is 38.0. The summed E-state index contributed by atoms with van der Waals surface area (Å²) in [5.74, 6) is -0.239. The fraction of sp³-hybridized carbons (Fsp3) is 0.286. The third-order valence-electron chi connectivity index (χ3n) is 4.51. The highest BCUT2D eigenvalue weighted by molar-refractivity contribution is 5.98. The topological polar surface area (TPSA) is 84.9 Å². The molecule has 2 aromatic rings. The molecule has 146 valence electrons. The van der Waals surface area contributed by atoms with Crippen molar-refractivity contribution < 1.29 is 23.9 Å². The van der Waals surface area contributed by atoms with Crippen LogP contribution in [0.15, 0.2) is 54.6 Å². The van der Waals surface area contributed by atoms with Crippen molar-refractivity contribution in [3.05, 3.63) is 60.2 Å². The van der Waals surface area contributed by atoms with Gasteiger partial charge in [0, 0.05) is 13.0 Å². The van der Waals surface area contributed by atoms with Crippen LogP contribution >= 0.6 is 0 Å². The number of carbonyl (C=O) groups is 3. The predicted molar refractivity (Wildman–Crippen MR) is 103 cm³/mol. The Balaban J connectivity index is 1.65. The first-order chi connectivity index (χ1) is 13.6. The van der Waals surface area contributed by atoms with Crippen molar-refractivity contribution in [1.29, 1.82) is 0 Å². The van der Waals surface area contributed by atoms with E-state index in [2.05, 4.69) is 5.32 Å². The Morgan fingerprint density at radius 2 is 1.86 bits per heavy atom. The van der Waals surface area contributed by atoms with Crippen LogP contribution in [0.25, 0.3) is 0 Å². The average Bonchev–Trinajstić information content (AvgIpc) is 2.73. The first kappa shape index (κ1) is 19.4. The van der Waals surface area contributed by atoms with E-state index in [-0.39, 0.29) is 37.8 Å². The number of benzene rings is 2. The van der Waals surface area contributed by atoms with Gasteiger partial charge in [-0.3, -0.25) is 14.4 Å². The van der Waals surface area contributed by atoms with Crippen LogP contribution < -0.4 is 15.0 Å². The monoisotopic (exact) mass is 382 g/mol. The SMILES string of the molecule is COC(=O)CC(NC(=O)CCN1C(=O)COc2ccccc21)c1ccccc1. The molecule has 7 heteroatoms. The van der Waals surface area contributed by atoms with E-state index in [1.807, 2.05) is 42.5 Å². The molecule has 0 aromatic heterocycles. The van der Waals surface area contributed by atoms with Crippen LogP contribution in [0.2, 0.25) is 0 Å². The highest BCUT2D eigenvalue weighted by atomic mass is 16.5. The lowest BCUT2D eigenvalue weighted by molar-refractivity contribution is -0.141. The molecule has 28 heavy (non-hydrogen) atoms. The van der Waals surface area contributed by atoms with E-state index in [0.29, 0.717) is 11.4 Å². The number of hydrogen-bond donors (Lipinski definition) is 1. The maximum atomic E-state index is 12.5. The Morgan fingerprint density at radius 1 is 1.14 bits per heavy atom. The molecule has 0 aliphatic carbocycles. The number of nitrogens with zero attached hydrogens (tertiary/aromatic N) is 1. The number of amides is 2. The first-order valence-corrected chi connectivity index (χ1v) is 9.02. The fourth-order valence-corrected chi connectivity index (χ4v) is 3.07. The van der Waals surface area contributed by atoms with E-state index in [4.69, 9.17) is 9.47 Å². The summed E-state index contributed by atoms with van der Waals surface area (Å²) in [6.45, 7) is 0.179. The number of fused-ring (bicyclic) bond motifs is 1. The van der Waals surface area contributed by atoms with Crippen molar-refractivity contribution in [2.75, 3.05) is 25.2 Å². The van der Waals surface area contributed by atoms with Crippen LogP contribution in [0, 0.1) is 0 Å². The molecule has 0 fully saturated rings.